The standard InChI is InChI=1S/C10H11F3N2.C6H13NO/c11-10(12,13)8-3-4-14-9(7-8)15-5-1-2-6-15;1-7-4-2-6(8)3-5-7/h3-4,7H,1-2,5-6H2;6,8H,2-5H2,1H3. The smallest absolute Gasteiger partial charge is 0.393 e. The average Bonchev–Trinajstić information content (AvgIpc) is 3.05. The van der Waals surface area contributed by atoms with Crippen LogP contribution in [0.4, 0.5) is 19.0 Å². The number of aliphatic hydroxyl groups excluding tert-OH is 1. The Morgan fingerprint density at radius 1 is 1.13 bits per heavy atom. The maximum atomic E-state index is 12.4. The summed E-state index contributed by atoms with van der Waals surface area (Å²) in [6.45, 7) is 3.71. The number of likely N-dealkylation sites (tertiary alicyclic amines) is 1. The fourth-order valence-electron chi connectivity index (χ4n) is 2.71. The van der Waals surface area contributed by atoms with Gasteiger partial charge in [0.25, 0.3) is 0 Å². The lowest BCUT2D eigenvalue weighted by atomic mass is 10.1. The highest BCUT2D eigenvalue weighted by molar-refractivity contribution is 5.42. The number of alkyl halides is 3. The van der Waals surface area contributed by atoms with E-state index in [1.165, 1.54) is 6.20 Å². The highest BCUT2D eigenvalue weighted by Crippen LogP contribution is 2.31. The first-order valence-electron chi connectivity index (χ1n) is 8.01. The summed E-state index contributed by atoms with van der Waals surface area (Å²) in [4.78, 5) is 8.09. The van der Waals surface area contributed by atoms with E-state index in [1.54, 1.807) is 0 Å². The highest BCUT2D eigenvalue weighted by atomic mass is 19.4. The van der Waals surface area contributed by atoms with Crippen molar-refractivity contribution in [2.45, 2.75) is 38.0 Å². The number of rotatable bonds is 1. The predicted molar refractivity (Wildman–Crippen MR) is 83.4 cm³/mol. The molecular formula is C16H24F3N3O. The number of aliphatic hydroxyl groups is 1. The van der Waals surface area contributed by atoms with Crippen molar-refractivity contribution in [1.82, 2.24) is 9.88 Å². The average molecular weight is 331 g/mol. The van der Waals surface area contributed by atoms with E-state index in [4.69, 9.17) is 5.11 Å². The van der Waals surface area contributed by atoms with E-state index in [1.807, 2.05) is 4.90 Å². The van der Waals surface area contributed by atoms with Crippen molar-refractivity contribution in [3.63, 3.8) is 0 Å². The van der Waals surface area contributed by atoms with Gasteiger partial charge in [0, 0.05) is 32.4 Å². The molecule has 0 spiro atoms. The van der Waals surface area contributed by atoms with Gasteiger partial charge in [-0.2, -0.15) is 13.2 Å². The van der Waals surface area contributed by atoms with Gasteiger partial charge in [0.1, 0.15) is 5.82 Å². The Morgan fingerprint density at radius 2 is 1.74 bits per heavy atom. The lowest BCUT2D eigenvalue weighted by molar-refractivity contribution is -0.137. The molecule has 0 aliphatic carbocycles. The molecule has 2 aliphatic rings. The van der Waals surface area contributed by atoms with Crippen molar-refractivity contribution < 1.29 is 18.3 Å². The lowest BCUT2D eigenvalue weighted by Gasteiger charge is -2.25. The molecule has 2 aliphatic heterocycles. The maximum Gasteiger partial charge on any atom is 0.416 e. The SMILES string of the molecule is CN1CCC(O)CC1.FC(F)(F)c1ccnc(N2CCCC2)c1. The van der Waals surface area contributed by atoms with Gasteiger partial charge in [-0.05, 0) is 44.9 Å². The zero-order valence-corrected chi connectivity index (χ0v) is 13.4. The van der Waals surface area contributed by atoms with Crippen LogP contribution in [0, 0.1) is 0 Å². The minimum Gasteiger partial charge on any atom is -0.393 e. The molecule has 23 heavy (non-hydrogen) atoms. The summed E-state index contributed by atoms with van der Waals surface area (Å²) in [5.41, 5.74) is -0.626. The normalized spacial score (nSPS) is 20.3. The Labute approximate surface area is 134 Å². The second-order valence-corrected chi connectivity index (χ2v) is 6.13. The number of halogens is 3. The summed E-state index contributed by atoms with van der Waals surface area (Å²) in [6.07, 6.45) is 0.878. The fraction of sp³-hybridized carbons (Fsp3) is 0.688. The molecule has 4 nitrogen and oxygen atoms in total. The maximum absolute atomic E-state index is 12.4. The second-order valence-electron chi connectivity index (χ2n) is 6.13. The fourth-order valence-corrected chi connectivity index (χ4v) is 2.71. The zero-order chi connectivity index (χ0) is 16.9. The van der Waals surface area contributed by atoms with Crippen molar-refractivity contribution in [2.75, 3.05) is 38.1 Å². The monoisotopic (exact) mass is 331 g/mol. The molecule has 0 aromatic carbocycles. The minimum absolute atomic E-state index is 0.0220. The first kappa shape index (κ1) is 18.0. The van der Waals surface area contributed by atoms with Crippen molar-refractivity contribution in [1.29, 1.82) is 0 Å². The molecule has 7 heteroatoms. The molecule has 1 aromatic rings. The zero-order valence-electron chi connectivity index (χ0n) is 13.4. The van der Waals surface area contributed by atoms with Gasteiger partial charge in [-0.1, -0.05) is 0 Å². The molecule has 2 fully saturated rings. The summed E-state index contributed by atoms with van der Waals surface area (Å²) >= 11 is 0. The van der Waals surface area contributed by atoms with Gasteiger partial charge in [0.15, 0.2) is 0 Å². The molecule has 0 atom stereocenters. The van der Waals surface area contributed by atoms with Crippen molar-refractivity contribution in [3.8, 4) is 0 Å². The summed E-state index contributed by atoms with van der Waals surface area (Å²) in [5.74, 6) is 0.433. The highest BCUT2D eigenvalue weighted by Gasteiger charge is 2.31. The van der Waals surface area contributed by atoms with Gasteiger partial charge < -0.3 is 14.9 Å². The third kappa shape index (κ3) is 5.66. The Hall–Kier alpha value is -1.34. The Balaban J connectivity index is 0.000000203. The van der Waals surface area contributed by atoms with Gasteiger partial charge in [0.2, 0.25) is 0 Å². The van der Waals surface area contributed by atoms with E-state index in [0.717, 1.165) is 64.0 Å². The van der Waals surface area contributed by atoms with E-state index in [0.29, 0.717) is 5.82 Å². The van der Waals surface area contributed by atoms with Gasteiger partial charge >= 0.3 is 6.18 Å². The Morgan fingerprint density at radius 3 is 2.26 bits per heavy atom. The van der Waals surface area contributed by atoms with Gasteiger partial charge in [0.05, 0.1) is 11.7 Å². The number of nitrogens with zero attached hydrogens (tertiary/aromatic N) is 3. The number of hydrogen-bond acceptors (Lipinski definition) is 4. The molecule has 3 heterocycles. The van der Waals surface area contributed by atoms with Crippen molar-refractivity contribution in [3.05, 3.63) is 23.9 Å². The molecule has 0 unspecified atom stereocenters. The van der Waals surface area contributed by atoms with E-state index < -0.39 is 11.7 Å². The summed E-state index contributed by atoms with van der Waals surface area (Å²) in [6, 6.07) is 2.12. The van der Waals surface area contributed by atoms with Crippen LogP contribution in [0.25, 0.3) is 0 Å². The van der Waals surface area contributed by atoms with Crippen LogP contribution in [0.5, 0.6) is 0 Å². The molecule has 3 rings (SSSR count). The van der Waals surface area contributed by atoms with E-state index in [9.17, 15) is 13.2 Å². The van der Waals surface area contributed by atoms with Crippen molar-refractivity contribution in [2.24, 2.45) is 0 Å². The van der Waals surface area contributed by atoms with E-state index >= 15 is 0 Å². The molecule has 0 amide bonds. The Bertz CT molecular complexity index is 472. The van der Waals surface area contributed by atoms with E-state index in [-0.39, 0.29) is 6.10 Å². The minimum atomic E-state index is -4.28. The lowest BCUT2D eigenvalue weighted by Crippen LogP contribution is -2.32. The largest absolute Gasteiger partial charge is 0.416 e. The van der Waals surface area contributed by atoms with Gasteiger partial charge in [-0.25, -0.2) is 4.98 Å². The number of hydrogen-bond donors (Lipinski definition) is 1. The van der Waals surface area contributed by atoms with Crippen LogP contribution in [-0.4, -0.2) is 54.3 Å². The quantitative estimate of drug-likeness (QED) is 0.859. The van der Waals surface area contributed by atoms with Crippen molar-refractivity contribution >= 4 is 5.82 Å². The molecule has 0 radical (unpaired) electrons. The van der Waals surface area contributed by atoms with Crippen LogP contribution in [-0.2, 0) is 6.18 Å². The second kappa shape index (κ2) is 7.97. The van der Waals surface area contributed by atoms with Crippen LogP contribution < -0.4 is 4.90 Å². The summed E-state index contributed by atoms with van der Waals surface area (Å²) in [7, 11) is 2.09. The number of pyridine rings is 1. The number of aromatic nitrogens is 1. The third-order valence-electron chi connectivity index (χ3n) is 4.19. The van der Waals surface area contributed by atoms with Crippen LogP contribution >= 0.6 is 0 Å². The van der Waals surface area contributed by atoms with Gasteiger partial charge in [-0.15, -0.1) is 0 Å². The summed E-state index contributed by atoms with van der Waals surface area (Å²) in [5, 5.41) is 9.00. The van der Waals surface area contributed by atoms with Crippen LogP contribution in [0.3, 0.4) is 0 Å². The van der Waals surface area contributed by atoms with E-state index in [2.05, 4.69) is 16.9 Å². The van der Waals surface area contributed by atoms with Crippen LogP contribution in [0.1, 0.15) is 31.2 Å². The first-order chi connectivity index (χ1) is 10.9. The van der Waals surface area contributed by atoms with Crippen LogP contribution in [0.2, 0.25) is 0 Å². The third-order valence-corrected chi connectivity index (χ3v) is 4.19. The molecule has 0 saturated carbocycles. The van der Waals surface area contributed by atoms with Gasteiger partial charge in [-0.3, -0.25) is 0 Å². The molecule has 2 saturated heterocycles. The molecular weight excluding hydrogens is 307 g/mol. The number of piperidine rings is 1. The molecule has 1 N–H and O–H groups in total. The predicted octanol–water partition coefficient (Wildman–Crippen LogP) is 2.77. The summed E-state index contributed by atoms with van der Waals surface area (Å²) < 4.78 is 37.2. The Kier molecular flexibility index (Phi) is 6.24. The molecule has 130 valence electrons. The molecule has 1 aromatic heterocycles. The van der Waals surface area contributed by atoms with Crippen LogP contribution in [0.15, 0.2) is 18.3 Å². The first-order valence-corrected chi connectivity index (χ1v) is 8.01. The topological polar surface area (TPSA) is 39.6 Å². The number of anilines is 1. The molecule has 0 bridgehead atoms.